The third kappa shape index (κ3) is 4.92. The Labute approximate surface area is 132 Å². The summed E-state index contributed by atoms with van der Waals surface area (Å²) in [6.07, 6.45) is 2.53. The van der Waals surface area contributed by atoms with Crippen LogP contribution in [0, 0.1) is 5.92 Å². The molecule has 2 aromatic rings. The van der Waals surface area contributed by atoms with Crippen LogP contribution in [0.4, 0.5) is 5.69 Å². The lowest BCUT2D eigenvalue weighted by Crippen LogP contribution is -2.16. The maximum absolute atomic E-state index is 12.1. The maximum atomic E-state index is 12.1. The number of ether oxygens (including phenoxy) is 1. The summed E-state index contributed by atoms with van der Waals surface area (Å²) >= 11 is 0. The minimum absolute atomic E-state index is 0.0325. The zero-order valence-corrected chi connectivity index (χ0v) is 13.2. The van der Waals surface area contributed by atoms with Crippen molar-refractivity contribution in [2.24, 2.45) is 5.92 Å². The van der Waals surface area contributed by atoms with Gasteiger partial charge < -0.3 is 10.1 Å². The Morgan fingerprint density at radius 3 is 2.50 bits per heavy atom. The summed E-state index contributed by atoms with van der Waals surface area (Å²) in [7, 11) is 1.60. The Bertz CT molecular complexity index is 595. The molecule has 1 amide bonds. The highest BCUT2D eigenvalue weighted by molar-refractivity contribution is 5.92. The fourth-order valence-corrected chi connectivity index (χ4v) is 2.43. The van der Waals surface area contributed by atoms with Crippen molar-refractivity contribution in [2.45, 2.75) is 26.2 Å². The molecular formula is C19H23NO2. The van der Waals surface area contributed by atoms with Gasteiger partial charge in [-0.1, -0.05) is 49.4 Å². The van der Waals surface area contributed by atoms with E-state index < -0.39 is 0 Å². The molecule has 0 aromatic heterocycles. The average Bonchev–Trinajstić information content (AvgIpc) is 2.54. The molecule has 0 aliphatic carbocycles. The number of carbonyl (C=O) groups is 1. The zero-order valence-electron chi connectivity index (χ0n) is 13.2. The fraction of sp³-hybridized carbons (Fsp3) is 0.316. The summed E-state index contributed by atoms with van der Waals surface area (Å²) in [5.41, 5.74) is 2.05. The molecule has 3 nitrogen and oxygen atoms in total. The van der Waals surface area contributed by atoms with Crippen LogP contribution >= 0.6 is 0 Å². The molecule has 116 valence electrons. The quantitative estimate of drug-likeness (QED) is 0.827. The summed E-state index contributed by atoms with van der Waals surface area (Å²) in [4.78, 5) is 12.1. The second kappa shape index (κ2) is 8.23. The van der Waals surface area contributed by atoms with E-state index in [0.717, 1.165) is 18.5 Å². The van der Waals surface area contributed by atoms with Gasteiger partial charge in [-0.05, 0) is 36.5 Å². The van der Waals surface area contributed by atoms with Crippen molar-refractivity contribution in [3.8, 4) is 5.75 Å². The van der Waals surface area contributed by atoms with E-state index in [-0.39, 0.29) is 5.91 Å². The lowest BCUT2D eigenvalue weighted by Gasteiger charge is -2.13. The van der Waals surface area contributed by atoms with Crippen LogP contribution in [0.3, 0.4) is 0 Å². The van der Waals surface area contributed by atoms with Crippen LogP contribution in [0.2, 0.25) is 0 Å². The summed E-state index contributed by atoms with van der Waals surface area (Å²) in [5.74, 6) is 1.06. The molecule has 0 spiro atoms. The first-order valence-corrected chi connectivity index (χ1v) is 7.66. The second-order valence-corrected chi connectivity index (χ2v) is 5.58. The molecule has 0 bridgehead atoms. The molecule has 1 N–H and O–H groups in total. The number of rotatable bonds is 7. The average molecular weight is 297 g/mol. The Hall–Kier alpha value is -2.29. The van der Waals surface area contributed by atoms with Gasteiger partial charge in [0.25, 0.3) is 0 Å². The lowest BCUT2D eigenvalue weighted by molar-refractivity contribution is -0.117. The molecule has 0 saturated carbocycles. The SMILES string of the molecule is COc1ccccc1NC(=O)CC(C)CCc1ccccc1. The fourth-order valence-electron chi connectivity index (χ4n) is 2.43. The first-order valence-electron chi connectivity index (χ1n) is 7.66. The van der Waals surface area contributed by atoms with Gasteiger partial charge in [-0.3, -0.25) is 4.79 Å². The van der Waals surface area contributed by atoms with E-state index in [0.29, 0.717) is 18.1 Å². The van der Waals surface area contributed by atoms with Crippen molar-refractivity contribution in [1.29, 1.82) is 0 Å². The number of hydrogen-bond acceptors (Lipinski definition) is 2. The number of nitrogens with one attached hydrogen (secondary N) is 1. The van der Waals surface area contributed by atoms with E-state index in [2.05, 4.69) is 24.4 Å². The number of carbonyl (C=O) groups excluding carboxylic acids is 1. The van der Waals surface area contributed by atoms with Crippen molar-refractivity contribution >= 4 is 11.6 Å². The number of hydrogen-bond donors (Lipinski definition) is 1. The molecule has 0 aliphatic heterocycles. The van der Waals surface area contributed by atoms with Gasteiger partial charge in [-0.2, -0.15) is 0 Å². The van der Waals surface area contributed by atoms with E-state index in [9.17, 15) is 4.79 Å². The molecule has 0 aliphatic rings. The number of aryl methyl sites for hydroxylation is 1. The topological polar surface area (TPSA) is 38.3 Å². The number of benzene rings is 2. The molecule has 1 unspecified atom stereocenters. The molecular weight excluding hydrogens is 274 g/mol. The minimum atomic E-state index is 0.0325. The van der Waals surface area contributed by atoms with Gasteiger partial charge in [-0.15, -0.1) is 0 Å². The van der Waals surface area contributed by atoms with Gasteiger partial charge in [0.2, 0.25) is 5.91 Å². The van der Waals surface area contributed by atoms with Crippen LogP contribution in [-0.2, 0) is 11.2 Å². The maximum Gasteiger partial charge on any atom is 0.224 e. The molecule has 0 fully saturated rings. The van der Waals surface area contributed by atoms with E-state index in [1.165, 1.54) is 5.56 Å². The van der Waals surface area contributed by atoms with Gasteiger partial charge in [0.1, 0.15) is 5.75 Å². The van der Waals surface area contributed by atoms with Crippen LogP contribution in [0.25, 0.3) is 0 Å². The Kier molecular flexibility index (Phi) is 6.01. The zero-order chi connectivity index (χ0) is 15.8. The van der Waals surface area contributed by atoms with E-state index in [1.54, 1.807) is 7.11 Å². The summed E-state index contributed by atoms with van der Waals surface area (Å²) in [6, 6.07) is 17.8. The van der Waals surface area contributed by atoms with Gasteiger partial charge in [-0.25, -0.2) is 0 Å². The molecule has 2 rings (SSSR count). The van der Waals surface area contributed by atoms with Gasteiger partial charge in [0.05, 0.1) is 12.8 Å². The highest BCUT2D eigenvalue weighted by atomic mass is 16.5. The largest absolute Gasteiger partial charge is 0.495 e. The molecule has 2 aromatic carbocycles. The molecule has 0 saturated heterocycles. The number of para-hydroxylation sites is 2. The van der Waals surface area contributed by atoms with Crippen molar-refractivity contribution in [2.75, 3.05) is 12.4 Å². The van der Waals surface area contributed by atoms with E-state index in [1.807, 2.05) is 42.5 Å². The first kappa shape index (κ1) is 16.1. The monoisotopic (exact) mass is 297 g/mol. The van der Waals surface area contributed by atoms with Crippen LogP contribution in [0.5, 0.6) is 5.75 Å². The normalized spacial score (nSPS) is 11.7. The second-order valence-electron chi connectivity index (χ2n) is 5.58. The Morgan fingerprint density at radius 1 is 1.09 bits per heavy atom. The highest BCUT2D eigenvalue weighted by Crippen LogP contribution is 2.23. The minimum Gasteiger partial charge on any atom is -0.495 e. The number of amides is 1. The summed E-state index contributed by atoms with van der Waals surface area (Å²) < 4.78 is 5.24. The standard InChI is InChI=1S/C19H23NO2/c1-15(12-13-16-8-4-3-5-9-16)14-19(21)20-17-10-6-7-11-18(17)22-2/h3-11,15H,12-14H2,1-2H3,(H,20,21). The van der Waals surface area contributed by atoms with Crippen molar-refractivity contribution in [1.82, 2.24) is 0 Å². The predicted molar refractivity (Wildman–Crippen MR) is 90.2 cm³/mol. The molecule has 22 heavy (non-hydrogen) atoms. The smallest absolute Gasteiger partial charge is 0.224 e. The van der Waals surface area contributed by atoms with Gasteiger partial charge >= 0.3 is 0 Å². The van der Waals surface area contributed by atoms with Crippen LogP contribution in [0.15, 0.2) is 54.6 Å². The van der Waals surface area contributed by atoms with Gasteiger partial charge in [0, 0.05) is 6.42 Å². The Balaban J connectivity index is 1.81. The predicted octanol–water partition coefficient (Wildman–Crippen LogP) is 4.29. The molecule has 3 heteroatoms. The molecule has 0 heterocycles. The highest BCUT2D eigenvalue weighted by Gasteiger charge is 2.11. The number of anilines is 1. The molecule has 1 atom stereocenters. The third-order valence-electron chi connectivity index (χ3n) is 3.68. The van der Waals surface area contributed by atoms with E-state index >= 15 is 0 Å². The summed E-state index contributed by atoms with van der Waals surface area (Å²) in [5, 5.41) is 2.93. The van der Waals surface area contributed by atoms with Crippen LogP contribution in [-0.4, -0.2) is 13.0 Å². The van der Waals surface area contributed by atoms with Crippen LogP contribution in [0.1, 0.15) is 25.3 Å². The van der Waals surface area contributed by atoms with Crippen LogP contribution < -0.4 is 10.1 Å². The summed E-state index contributed by atoms with van der Waals surface area (Å²) in [6.45, 7) is 2.12. The van der Waals surface area contributed by atoms with Crippen molar-refractivity contribution in [3.63, 3.8) is 0 Å². The number of methoxy groups -OCH3 is 1. The van der Waals surface area contributed by atoms with E-state index in [4.69, 9.17) is 4.74 Å². The lowest BCUT2D eigenvalue weighted by atomic mass is 9.98. The third-order valence-corrected chi connectivity index (χ3v) is 3.68. The first-order chi connectivity index (χ1) is 10.7. The van der Waals surface area contributed by atoms with Crippen molar-refractivity contribution in [3.05, 3.63) is 60.2 Å². The van der Waals surface area contributed by atoms with Crippen molar-refractivity contribution < 1.29 is 9.53 Å². The molecule has 0 radical (unpaired) electrons. The van der Waals surface area contributed by atoms with Gasteiger partial charge in [0.15, 0.2) is 0 Å². The Morgan fingerprint density at radius 2 is 1.77 bits per heavy atom.